The second kappa shape index (κ2) is 6.70. The number of aromatic nitrogens is 2. The summed E-state index contributed by atoms with van der Waals surface area (Å²) < 4.78 is 25.4. The molecule has 1 aromatic carbocycles. The Labute approximate surface area is 158 Å². The summed E-state index contributed by atoms with van der Waals surface area (Å²) in [6.07, 6.45) is 0.497. The fourth-order valence-electron chi connectivity index (χ4n) is 2.89. The monoisotopic (exact) mass is 395 g/mol. The predicted molar refractivity (Wildman–Crippen MR) is 103 cm³/mol. The third-order valence-corrected chi connectivity index (χ3v) is 6.41. The summed E-state index contributed by atoms with van der Waals surface area (Å²) in [5.74, 6) is 0.413. The second-order valence-corrected chi connectivity index (χ2v) is 10.3. The van der Waals surface area contributed by atoms with Gasteiger partial charge in [-0.25, -0.2) is 13.1 Å². The number of rotatable bonds is 3. The molecule has 3 rings (SSSR count). The summed E-state index contributed by atoms with van der Waals surface area (Å²) in [5, 5.41) is 8.03. The topological polar surface area (TPSA) is 81.1 Å². The van der Waals surface area contributed by atoms with Gasteiger partial charge in [-0.15, -0.1) is 0 Å². The van der Waals surface area contributed by atoms with Gasteiger partial charge >= 0.3 is 0 Å². The summed E-state index contributed by atoms with van der Waals surface area (Å²) in [6.45, 7) is 6.07. The SMILES string of the molecule is CC(C)(C)c1cc(NC(=O)c2ccc(Cl)cc2)n([C@H]2CCS(=O)(=O)C2)n1. The first-order valence-corrected chi connectivity index (χ1v) is 10.6. The van der Waals surface area contributed by atoms with E-state index in [0.717, 1.165) is 5.69 Å². The van der Waals surface area contributed by atoms with E-state index >= 15 is 0 Å². The Hall–Kier alpha value is -1.86. The summed E-state index contributed by atoms with van der Waals surface area (Å²) in [4.78, 5) is 12.6. The minimum absolute atomic E-state index is 0.0437. The second-order valence-electron chi connectivity index (χ2n) is 7.63. The van der Waals surface area contributed by atoms with Crippen molar-refractivity contribution in [1.29, 1.82) is 0 Å². The highest BCUT2D eigenvalue weighted by Gasteiger charge is 2.32. The van der Waals surface area contributed by atoms with Crippen molar-refractivity contribution < 1.29 is 13.2 Å². The van der Waals surface area contributed by atoms with E-state index in [2.05, 4.69) is 10.4 Å². The number of anilines is 1. The van der Waals surface area contributed by atoms with Crippen molar-refractivity contribution >= 4 is 33.2 Å². The molecule has 1 N–H and O–H groups in total. The highest BCUT2D eigenvalue weighted by molar-refractivity contribution is 7.91. The number of nitrogens with one attached hydrogen (secondary N) is 1. The van der Waals surface area contributed by atoms with Crippen LogP contribution in [0.2, 0.25) is 5.02 Å². The number of sulfone groups is 1. The van der Waals surface area contributed by atoms with E-state index in [-0.39, 0.29) is 28.9 Å². The zero-order valence-corrected chi connectivity index (χ0v) is 16.6. The minimum atomic E-state index is -3.06. The summed E-state index contributed by atoms with van der Waals surface area (Å²) >= 11 is 5.87. The largest absolute Gasteiger partial charge is 0.307 e. The molecule has 1 fully saturated rings. The third kappa shape index (κ3) is 4.10. The minimum Gasteiger partial charge on any atom is -0.307 e. The van der Waals surface area contributed by atoms with Gasteiger partial charge in [-0.05, 0) is 30.7 Å². The Morgan fingerprint density at radius 1 is 1.27 bits per heavy atom. The number of nitrogens with zero attached hydrogens (tertiary/aromatic N) is 2. The third-order valence-electron chi connectivity index (χ3n) is 4.41. The Balaban J connectivity index is 1.93. The fraction of sp³-hybridized carbons (Fsp3) is 0.444. The molecule has 140 valence electrons. The number of amides is 1. The molecule has 2 heterocycles. The van der Waals surface area contributed by atoms with Gasteiger partial charge < -0.3 is 5.32 Å². The fourth-order valence-corrected chi connectivity index (χ4v) is 4.71. The lowest BCUT2D eigenvalue weighted by molar-refractivity contribution is 0.102. The molecular weight excluding hydrogens is 374 g/mol. The van der Waals surface area contributed by atoms with E-state index in [1.807, 2.05) is 26.8 Å². The van der Waals surface area contributed by atoms with Crippen molar-refractivity contribution in [3.05, 3.63) is 46.6 Å². The molecule has 6 nitrogen and oxygen atoms in total. The molecule has 1 aromatic heterocycles. The van der Waals surface area contributed by atoms with Crippen LogP contribution in [0, 0.1) is 0 Å². The van der Waals surface area contributed by atoms with Crippen molar-refractivity contribution in [3.8, 4) is 0 Å². The molecule has 1 amide bonds. The normalized spacial score (nSPS) is 19.5. The van der Waals surface area contributed by atoms with Crippen molar-refractivity contribution in [1.82, 2.24) is 9.78 Å². The van der Waals surface area contributed by atoms with E-state index in [0.29, 0.717) is 22.8 Å². The highest BCUT2D eigenvalue weighted by Crippen LogP contribution is 2.31. The van der Waals surface area contributed by atoms with Crippen molar-refractivity contribution in [2.45, 2.75) is 38.6 Å². The molecular formula is C18H22ClN3O3S. The quantitative estimate of drug-likeness (QED) is 0.862. The lowest BCUT2D eigenvalue weighted by Gasteiger charge is -2.15. The molecule has 8 heteroatoms. The van der Waals surface area contributed by atoms with Gasteiger partial charge in [-0.3, -0.25) is 4.79 Å². The maximum atomic E-state index is 12.6. The Morgan fingerprint density at radius 3 is 2.46 bits per heavy atom. The van der Waals surface area contributed by atoms with Crippen molar-refractivity contribution in [2.24, 2.45) is 0 Å². The average Bonchev–Trinajstić information content (AvgIpc) is 3.10. The summed E-state index contributed by atoms with van der Waals surface area (Å²) in [6, 6.07) is 8.14. The number of halogens is 1. The smallest absolute Gasteiger partial charge is 0.256 e. The molecule has 1 aliphatic heterocycles. The molecule has 0 spiro atoms. The summed E-state index contributed by atoms with van der Waals surface area (Å²) in [5.41, 5.74) is 1.05. The van der Waals surface area contributed by atoms with Crippen LogP contribution in [0.3, 0.4) is 0 Å². The van der Waals surface area contributed by atoms with Gasteiger partial charge in [0.25, 0.3) is 5.91 Å². The van der Waals surface area contributed by atoms with Crippen LogP contribution >= 0.6 is 11.6 Å². The molecule has 1 aliphatic rings. The molecule has 0 unspecified atom stereocenters. The van der Waals surface area contributed by atoms with Crippen LogP contribution in [0.25, 0.3) is 0 Å². The number of hydrogen-bond donors (Lipinski definition) is 1. The van der Waals surface area contributed by atoms with Gasteiger partial charge in [-0.1, -0.05) is 32.4 Å². The van der Waals surface area contributed by atoms with Crippen LogP contribution in [-0.2, 0) is 15.3 Å². The Morgan fingerprint density at radius 2 is 1.92 bits per heavy atom. The van der Waals surface area contributed by atoms with Crippen LogP contribution in [0.15, 0.2) is 30.3 Å². The number of benzene rings is 1. The lowest BCUT2D eigenvalue weighted by Crippen LogP contribution is -2.20. The van der Waals surface area contributed by atoms with Gasteiger partial charge in [-0.2, -0.15) is 5.10 Å². The number of carbonyl (C=O) groups is 1. The zero-order chi connectivity index (χ0) is 19.1. The average molecular weight is 396 g/mol. The van der Waals surface area contributed by atoms with E-state index in [9.17, 15) is 13.2 Å². The van der Waals surface area contributed by atoms with Crippen molar-refractivity contribution in [2.75, 3.05) is 16.8 Å². The molecule has 0 radical (unpaired) electrons. The zero-order valence-electron chi connectivity index (χ0n) is 15.0. The molecule has 0 saturated carbocycles. The van der Waals surface area contributed by atoms with E-state index in [4.69, 9.17) is 11.6 Å². The molecule has 2 aromatic rings. The number of hydrogen-bond acceptors (Lipinski definition) is 4. The molecule has 0 bridgehead atoms. The highest BCUT2D eigenvalue weighted by atomic mass is 35.5. The first kappa shape index (κ1) is 18.9. The van der Waals surface area contributed by atoms with Crippen LogP contribution in [-0.4, -0.2) is 35.6 Å². The van der Waals surface area contributed by atoms with E-state index in [1.165, 1.54) is 0 Å². The lowest BCUT2D eigenvalue weighted by atomic mass is 9.92. The Bertz CT molecular complexity index is 928. The van der Waals surface area contributed by atoms with Crippen molar-refractivity contribution in [3.63, 3.8) is 0 Å². The van der Waals surface area contributed by atoms with Crippen LogP contribution in [0.4, 0.5) is 5.82 Å². The molecule has 26 heavy (non-hydrogen) atoms. The maximum absolute atomic E-state index is 12.6. The van der Waals surface area contributed by atoms with Gasteiger partial charge in [0, 0.05) is 22.1 Å². The van der Waals surface area contributed by atoms with Gasteiger partial charge in [0.05, 0.1) is 23.2 Å². The number of carbonyl (C=O) groups excluding carboxylic acids is 1. The van der Waals surface area contributed by atoms with Gasteiger partial charge in [0.15, 0.2) is 9.84 Å². The van der Waals surface area contributed by atoms with Crippen LogP contribution in [0.5, 0.6) is 0 Å². The van der Waals surface area contributed by atoms with E-state index in [1.54, 1.807) is 28.9 Å². The van der Waals surface area contributed by atoms with E-state index < -0.39 is 9.84 Å². The molecule has 1 saturated heterocycles. The van der Waals surface area contributed by atoms with Gasteiger partial charge in [0.2, 0.25) is 0 Å². The predicted octanol–water partition coefficient (Wildman–Crippen LogP) is 3.45. The standard InChI is InChI=1S/C18H22ClN3O3S/c1-18(2,3)15-10-16(20-17(23)12-4-6-13(19)7-5-12)22(21-15)14-8-9-26(24,25)11-14/h4-7,10,14H,8-9,11H2,1-3H3,(H,20,23)/t14-/m0/s1. The van der Waals surface area contributed by atoms with Gasteiger partial charge in [0.1, 0.15) is 5.82 Å². The molecule has 1 atom stereocenters. The Kier molecular flexibility index (Phi) is 4.88. The first-order chi connectivity index (χ1) is 12.0. The first-order valence-electron chi connectivity index (χ1n) is 8.42. The maximum Gasteiger partial charge on any atom is 0.256 e. The van der Waals surface area contributed by atoms with Crippen LogP contribution < -0.4 is 5.32 Å². The summed E-state index contributed by atoms with van der Waals surface area (Å²) in [7, 11) is -3.06. The molecule has 0 aliphatic carbocycles. The van der Waals surface area contributed by atoms with Crippen LogP contribution in [0.1, 0.15) is 49.3 Å².